The van der Waals surface area contributed by atoms with E-state index in [9.17, 15) is 13.2 Å². The minimum Gasteiger partial charge on any atom is -0.446 e. The van der Waals surface area contributed by atoms with E-state index in [2.05, 4.69) is 25.4 Å². The standard InChI is InChI=1S/C9H19BrN2O5S/c1-7(2)17-9(13)12-18(14,15)11-8(6-10)4-5-16-3/h7-8,11H,4-6H2,1-3H3,(H,12,13). The molecule has 0 aromatic carbocycles. The molecule has 108 valence electrons. The molecule has 1 amide bonds. The number of amides is 1. The van der Waals surface area contributed by atoms with Gasteiger partial charge in [0.1, 0.15) is 0 Å². The van der Waals surface area contributed by atoms with Gasteiger partial charge in [0.25, 0.3) is 0 Å². The fraction of sp³-hybridized carbons (Fsp3) is 0.889. The van der Waals surface area contributed by atoms with Gasteiger partial charge in [-0.1, -0.05) is 15.9 Å². The summed E-state index contributed by atoms with van der Waals surface area (Å²) in [4.78, 5) is 11.2. The highest BCUT2D eigenvalue weighted by atomic mass is 79.9. The molecule has 0 aromatic heterocycles. The molecule has 0 aliphatic heterocycles. The first kappa shape index (κ1) is 17.6. The van der Waals surface area contributed by atoms with Gasteiger partial charge in [0.15, 0.2) is 0 Å². The van der Waals surface area contributed by atoms with Crippen molar-refractivity contribution in [3.63, 3.8) is 0 Å². The lowest BCUT2D eigenvalue weighted by Gasteiger charge is -2.16. The van der Waals surface area contributed by atoms with Crippen molar-refractivity contribution < 1.29 is 22.7 Å². The van der Waals surface area contributed by atoms with Crippen molar-refractivity contribution in [2.75, 3.05) is 19.0 Å². The van der Waals surface area contributed by atoms with E-state index >= 15 is 0 Å². The van der Waals surface area contributed by atoms with Crippen molar-refractivity contribution in [2.24, 2.45) is 0 Å². The molecule has 0 spiro atoms. The molecule has 0 aliphatic carbocycles. The van der Waals surface area contributed by atoms with Crippen LogP contribution in [-0.2, 0) is 19.7 Å². The maximum atomic E-state index is 11.6. The lowest BCUT2D eigenvalue weighted by atomic mass is 10.3. The molecule has 18 heavy (non-hydrogen) atoms. The molecule has 0 aromatic rings. The summed E-state index contributed by atoms with van der Waals surface area (Å²) in [7, 11) is -2.40. The number of carbonyl (C=O) groups is 1. The molecular formula is C9H19BrN2O5S. The Morgan fingerprint density at radius 1 is 1.39 bits per heavy atom. The topological polar surface area (TPSA) is 93.7 Å². The second-order valence-corrected chi connectivity index (χ2v) is 5.90. The average molecular weight is 347 g/mol. The molecule has 0 fully saturated rings. The van der Waals surface area contributed by atoms with E-state index in [4.69, 9.17) is 4.74 Å². The first-order chi connectivity index (χ1) is 8.30. The third-order valence-electron chi connectivity index (χ3n) is 1.74. The second kappa shape index (κ2) is 8.68. The quantitative estimate of drug-likeness (QED) is 0.632. The highest BCUT2D eigenvalue weighted by molar-refractivity contribution is 9.09. The molecule has 0 aliphatic rings. The van der Waals surface area contributed by atoms with Crippen LogP contribution >= 0.6 is 15.9 Å². The highest BCUT2D eigenvalue weighted by Gasteiger charge is 2.20. The Bertz CT molecular complexity index is 347. The van der Waals surface area contributed by atoms with Gasteiger partial charge in [-0.15, -0.1) is 0 Å². The van der Waals surface area contributed by atoms with E-state index in [0.717, 1.165) is 0 Å². The SMILES string of the molecule is COCCC(CBr)NS(=O)(=O)NC(=O)OC(C)C. The van der Waals surface area contributed by atoms with Crippen molar-refractivity contribution in [1.82, 2.24) is 9.44 Å². The number of hydrogen-bond acceptors (Lipinski definition) is 5. The molecular weight excluding hydrogens is 328 g/mol. The number of nitrogens with one attached hydrogen (secondary N) is 2. The van der Waals surface area contributed by atoms with E-state index in [1.165, 1.54) is 7.11 Å². The molecule has 0 rings (SSSR count). The summed E-state index contributed by atoms with van der Waals surface area (Å²) in [6, 6.07) is -0.366. The molecule has 0 saturated carbocycles. The molecule has 0 heterocycles. The summed E-state index contributed by atoms with van der Waals surface area (Å²) in [5.74, 6) is 0. The molecule has 9 heteroatoms. The molecule has 2 N–H and O–H groups in total. The van der Waals surface area contributed by atoms with Gasteiger partial charge in [-0.2, -0.15) is 13.1 Å². The highest BCUT2D eigenvalue weighted by Crippen LogP contribution is 2.00. The van der Waals surface area contributed by atoms with Crippen molar-refractivity contribution in [1.29, 1.82) is 0 Å². The number of carbonyl (C=O) groups excluding carboxylic acids is 1. The van der Waals surface area contributed by atoms with Crippen LogP contribution in [0.2, 0.25) is 0 Å². The number of methoxy groups -OCH3 is 1. The van der Waals surface area contributed by atoms with E-state index in [1.807, 2.05) is 0 Å². The number of alkyl halides is 1. The molecule has 0 radical (unpaired) electrons. The van der Waals surface area contributed by atoms with E-state index in [-0.39, 0.29) is 12.1 Å². The third-order valence-corrected chi connectivity index (χ3v) is 3.60. The van der Waals surface area contributed by atoms with Crippen LogP contribution in [0.1, 0.15) is 20.3 Å². The Morgan fingerprint density at radius 2 is 2.00 bits per heavy atom. The molecule has 1 unspecified atom stereocenters. The second-order valence-electron chi connectivity index (χ2n) is 3.81. The predicted octanol–water partition coefficient (Wildman–Crippen LogP) is 0.755. The van der Waals surface area contributed by atoms with Gasteiger partial charge in [-0.3, -0.25) is 0 Å². The summed E-state index contributed by atoms with van der Waals surface area (Å²) in [5.41, 5.74) is 0. The van der Waals surface area contributed by atoms with Gasteiger partial charge >= 0.3 is 16.3 Å². The normalized spacial score (nSPS) is 13.4. The fourth-order valence-electron chi connectivity index (χ4n) is 1.02. The van der Waals surface area contributed by atoms with Crippen LogP contribution in [0.25, 0.3) is 0 Å². The molecule has 0 saturated heterocycles. The number of rotatable bonds is 8. The average Bonchev–Trinajstić information content (AvgIpc) is 2.21. The van der Waals surface area contributed by atoms with Gasteiger partial charge in [-0.25, -0.2) is 9.52 Å². The lowest BCUT2D eigenvalue weighted by Crippen LogP contribution is -2.46. The van der Waals surface area contributed by atoms with Gasteiger partial charge < -0.3 is 9.47 Å². The summed E-state index contributed by atoms with van der Waals surface area (Å²) in [6.45, 7) is 3.66. The molecule has 7 nitrogen and oxygen atoms in total. The van der Waals surface area contributed by atoms with Gasteiger partial charge in [0.05, 0.1) is 6.10 Å². The van der Waals surface area contributed by atoms with Crippen LogP contribution < -0.4 is 9.44 Å². The first-order valence-corrected chi connectivity index (χ1v) is 7.96. The fourth-order valence-corrected chi connectivity index (χ4v) is 2.69. The van der Waals surface area contributed by atoms with E-state index in [1.54, 1.807) is 18.6 Å². The van der Waals surface area contributed by atoms with Crippen molar-refractivity contribution >= 4 is 32.2 Å². The predicted molar refractivity (Wildman–Crippen MR) is 70.9 cm³/mol. The maximum absolute atomic E-state index is 11.6. The number of ether oxygens (including phenoxy) is 2. The zero-order chi connectivity index (χ0) is 14.2. The minimum atomic E-state index is -3.93. The zero-order valence-corrected chi connectivity index (χ0v) is 13.0. The number of hydrogen-bond donors (Lipinski definition) is 2. The Labute approximate surface area is 116 Å². The summed E-state index contributed by atoms with van der Waals surface area (Å²) >= 11 is 3.18. The lowest BCUT2D eigenvalue weighted by molar-refractivity contribution is 0.121. The van der Waals surface area contributed by atoms with Gasteiger partial charge in [0.2, 0.25) is 0 Å². The van der Waals surface area contributed by atoms with Crippen molar-refractivity contribution in [3.05, 3.63) is 0 Å². The largest absolute Gasteiger partial charge is 0.446 e. The Balaban J connectivity index is 4.31. The Kier molecular flexibility index (Phi) is 8.49. The van der Waals surface area contributed by atoms with E-state index < -0.39 is 16.3 Å². The van der Waals surface area contributed by atoms with Crippen LogP contribution in [0, 0.1) is 0 Å². The minimum absolute atomic E-state index is 0.366. The number of halogens is 1. The van der Waals surface area contributed by atoms with Crippen LogP contribution in [0.15, 0.2) is 0 Å². The Morgan fingerprint density at radius 3 is 2.44 bits per heavy atom. The summed E-state index contributed by atoms with van der Waals surface area (Å²) in [5, 5.41) is 0.413. The van der Waals surface area contributed by atoms with Crippen LogP contribution in [0.3, 0.4) is 0 Å². The molecule has 1 atom stereocenters. The Hall–Kier alpha value is -0.380. The smallest absolute Gasteiger partial charge is 0.422 e. The van der Waals surface area contributed by atoms with Gasteiger partial charge in [0, 0.05) is 25.1 Å². The van der Waals surface area contributed by atoms with Crippen LogP contribution in [0.5, 0.6) is 0 Å². The summed E-state index contributed by atoms with van der Waals surface area (Å²) in [6.07, 6.45) is -0.903. The zero-order valence-electron chi connectivity index (χ0n) is 10.6. The summed E-state index contributed by atoms with van der Waals surface area (Å²) < 4.78 is 36.8. The monoisotopic (exact) mass is 346 g/mol. The van der Waals surface area contributed by atoms with Crippen molar-refractivity contribution in [2.45, 2.75) is 32.4 Å². The van der Waals surface area contributed by atoms with E-state index in [0.29, 0.717) is 18.4 Å². The third kappa shape index (κ3) is 8.67. The first-order valence-electron chi connectivity index (χ1n) is 5.36. The van der Waals surface area contributed by atoms with Crippen molar-refractivity contribution in [3.8, 4) is 0 Å². The molecule has 0 bridgehead atoms. The van der Waals surface area contributed by atoms with Gasteiger partial charge in [-0.05, 0) is 20.3 Å². The van der Waals surface area contributed by atoms with Crippen LogP contribution in [0.4, 0.5) is 4.79 Å². The maximum Gasteiger partial charge on any atom is 0.422 e. The van der Waals surface area contributed by atoms with Crippen LogP contribution in [-0.4, -0.2) is 45.7 Å².